The summed E-state index contributed by atoms with van der Waals surface area (Å²) >= 11 is 0. The highest BCUT2D eigenvalue weighted by Crippen LogP contribution is 2.09. The molecule has 0 saturated carbocycles. The van der Waals surface area contributed by atoms with Crippen molar-refractivity contribution in [3.63, 3.8) is 0 Å². The Morgan fingerprint density at radius 3 is 2.52 bits per heavy atom. The Balaban J connectivity index is 1.93. The Hall–Kier alpha value is -2.67. The maximum atomic E-state index is 13.0. The number of rotatable bonds is 5. The lowest BCUT2D eigenvalue weighted by Gasteiger charge is -2.10. The number of nitrogens with zero attached hydrogens (tertiary/aromatic N) is 1. The summed E-state index contributed by atoms with van der Waals surface area (Å²) in [5, 5.41) is 11.8. The van der Waals surface area contributed by atoms with Gasteiger partial charge in [0.25, 0.3) is 0 Å². The van der Waals surface area contributed by atoms with Crippen LogP contribution in [0.25, 0.3) is 0 Å². The Bertz CT molecular complexity index is 649. The van der Waals surface area contributed by atoms with Crippen LogP contribution in [0.15, 0.2) is 54.6 Å². The first-order chi connectivity index (χ1) is 10.2. The van der Waals surface area contributed by atoms with E-state index in [1.807, 2.05) is 36.4 Å². The first-order valence-corrected chi connectivity index (χ1v) is 6.65. The fourth-order valence-corrected chi connectivity index (χ4v) is 2.01. The summed E-state index contributed by atoms with van der Waals surface area (Å²) in [7, 11) is 0. The minimum atomic E-state index is -0.749. The molecule has 2 rings (SSSR count). The molecule has 0 heterocycles. The number of nitrogens with one attached hydrogen (secondary N) is 1. The topological polar surface area (TPSA) is 52.9 Å². The molecule has 0 fully saturated rings. The maximum Gasteiger partial charge on any atom is 0.237 e. The van der Waals surface area contributed by atoms with Crippen molar-refractivity contribution in [3.8, 4) is 6.07 Å². The molecule has 0 aromatic heterocycles. The summed E-state index contributed by atoms with van der Waals surface area (Å²) in [4.78, 5) is 12.0. The molecular formula is C17H15FN2O. The Morgan fingerprint density at radius 2 is 1.86 bits per heavy atom. The third-order valence-corrected chi connectivity index (χ3v) is 3.11. The lowest BCUT2D eigenvalue weighted by atomic mass is 10.00. The van der Waals surface area contributed by atoms with E-state index in [1.165, 1.54) is 12.1 Å². The van der Waals surface area contributed by atoms with E-state index in [-0.39, 0.29) is 18.3 Å². The third kappa shape index (κ3) is 4.43. The molecule has 0 spiro atoms. The minimum Gasteiger partial charge on any atom is -0.351 e. The molecule has 1 atom stereocenters. The van der Waals surface area contributed by atoms with Crippen LogP contribution in [0.4, 0.5) is 4.39 Å². The fraction of sp³-hybridized carbons (Fsp3) is 0.176. The molecule has 106 valence electrons. The van der Waals surface area contributed by atoms with Gasteiger partial charge in [-0.25, -0.2) is 4.39 Å². The Labute approximate surface area is 123 Å². The number of benzene rings is 2. The van der Waals surface area contributed by atoms with Gasteiger partial charge in [0.2, 0.25) is 5.91 Å². The predicted octanol–water partition coefficient (Wildman–Crippen LogP) is 2.82. The molecule has 0 bridgehead atoms. The lowest BCUT2D eigenvalue weighted by molar-refractivity contribution is -0.123. The highest BCUT2D eigenvalue weighted by molar-refractivity contribution is 5.81. The highest BCUT2D eigenvalue weighted by atomic mass is 19.1. The van der Waals surface area contributed by atoms with Gasteiger partial charge in [-0.3, -0.25) is 4.79 Å². The quantitative estimate of drug-likeness (QED) is 0.916. The largest absolute Gasteiger partial charge is 0.351 e. The van der Waals surface area contributed by atoms with Crippen LogP contribution in [0.5, 0.6) is 0 Å². The van der Waals surface area contributed by atoms with Crippen LogP contribution in [0, 0.1) is 23.1 Å². The number of hydrogen-bond acceptors (Lipinski definition) is 2. The molecule has 2 aromatic rings. The first-order valence-electron chi connectivity index (χ1n) is 6.65. The van der Waals surface area contributed by atoms with E-state index in [9.17, 15) is 9.18 Å². The zero-order valence-corrected chi connectivity index (χ0v) is 11.4. The van der Waals surface area contributed by atoms with E-state index >= 15 is 0 Å². The van der Waals surface area contributed by atoms with Crippen molar-refractivity contribution in [2.45, 2.75) is 13.0 Å². The minimum absolute atomic E-state index is 0.212. The number of carbonyl (C=O) groups excluding carboxylic acids is 1. The summed E-state index contributed by atoms with van der Waals surface area (Å²) in [6, 6.07) is 17.4. The van der Waals surface area contributed by atoms with Crippen molar-refractivity contribution in [1.29, 1.82) is 5.26 Å². The molecule has 0 aliphatic heterocycles. The number of amides is 1. The van der Waals surface area contributed by atoms with Crippen molar-refractivity contribution < 1.29 is 9.18 Å². The molecule has 1 unspecified atom stereocenters. The van der Waals surface area contributed by atoms with Gasteiger partial charge in [-0.05, 0) is 29.7 Å². The van der Waals surface area contributed by atoms with Gasteiger partial charge in [0, 0.05) is 6.54 Å². The standard InChI is InChI=1S/C17H15FN2O/c18-16-8-4-7-14(10-16)12-20-17(21)15(11-19)9-13-5-2-1-3-6-13/h1-8,10,15H,9,12H2,(H,20,21). The normalized spacial score (nSPS) is 11.4. The molecule has 1 N–H and O–H groups in total. The van der Waals surface area contributed by atoms with Crippen LogP contribution in [0.1, 0.15) is 11.1 Å². The summed E-state index contributed by atoms with van der Waals surface area (Å²) < 4.78 is 13.0. The van der Waals surface area contributed by atoms with E-state index in [4.69, 9.17) is 5.26 Å². The SMILES string of the molecule is N#CC(Cc1ccccc1)C(=O)NCc1cccc(F)c1. The lowest BCUT2D eigenvalue weighted by Crippen LogP contribution is -2.30. The van der Waals surface area contributed by atoms with Crippen LogP contribution in [0.2, 0.25) is 0 Å². The second kappa shape index (κ2) is 7.20. The summed E-state index contributed by atoms with van der Waals surface area (Å²) in [6.07, 6.45) is 0.367. The van der Waals surface area contributed by atoms with E-state index in [2.05, 4.69) is 5.32 Å². The van der Waals surface area contributed by atoms with E-state index in [1.54, 1.807) is 12.1 Å². The monoisotopic (exact) mass is 282 g/mol. The van der Waals surface area contributed by atoms with Gasteiger partial charge in [0.05, 0.1) is 6.07 Å². The summed E-state index contributed by atoms with van der Waals surface area (Å²) in [5.41, 5.74) is 1.60. The molecule has 0 aliphatic carbocycles. The van der Waals surface area contributed by atoms with Crippen LogP contribution < -0.4 is 5.32 Å². The molecule has 3 nitrogen and oxygen atoms in total. The highest BCUT2D eigenvalue weighted by Gasteiger charge is 2.17. The Morgan fingerprint density at radius 1 is 1.14 bits per heavy atom. The van der Waals surface area contributed by atoms with E-state index in [0.717, 1.165) is 5.56 Å². The number of nitriles is 1. The number of halogens is 1. The van der Waals surface area contributed by atoms with Gasteiger partial charge in [-0.1, -0.05) is 42.5 Å². The molecule has 0 radical (unpaired) electrons. The molecule has 0 aliphatic rings. The zero-order chi connectivity index (χ0) is 15.1. The number of hydrogen-bond donors (Lipinski definition) is 1. The van der Waals surface area contributed by atoms with Crippen LogP contribution >= 0.6 is 0 Å². The summed E-state index contributed by atoms with van der Waals surface area (Å²) in [6.45, 7) is 0.212. The molecule has 21 heavy (non-hydrogen) atoms. The van der Waals surface area contributed by atoms with Crippen molar-refractivity contribution in [2.24, 2.45) is 5.92 Å². The number of carbonyl (C=O) groups is 1. The predicted molar refractivity (Wildman–Crippen MR) is 77.5 cm³/mol. The molecule has 0 saturated heterocycles. The second-order valence-corrected chi connectivity index (χ2v) is 4.72. The van der Waals surface area contributed by atoms with Gasteiger partial charge < -0.3 is 5.32 Å². The van der Waals surface area contributed by atoms with E-state index < -0.39 is 5.92 Å². The smallest absolute Gasteiger partial charge is 0.237 e. The van der Waals surface area contributed by atoms with Crippen molar-refractivity contribution >= 4 is 5.91 Å². The third-order valence-electron chi connectivity index (χ3n) is 3.11. The average Bonchev–Trinajstić information content (AvgIpc) is 2.51. The van der Waals surface area contributed by atoms with Gasteiger partial charge in [-0.2, -0.15) is 5.26 Å². The van der Waals surface area contributed by atoms with Gasteiger partial charge in [-0.15, -0.1) is 0 Å². The van der Waals surface area contributed by atoms with Crippen LogP contribution in [0.3, 0.4) is 0 Å². The van der Waals surface area contributed by atoms with Gasteiger partial charge in [0.1, 0.15) is 11.7 Å². The summed E-state index contributed by atoms with van der Waals surface area (Å²) in [5.74, 6) is -1.44. The van der Waals surface area contributed by atoms with Crippen molar-refractivity contribution in [3.05, 3.63) is 71.5 Å². The Kier molecular flexibility index (Phi) is 5.05. The van der Waals surface area contributed by atoms with Crippen molar-refractivity contribution in [2.75, 3.05) is 0 Å². The van der Waals surface area contributed by atoms with Gasteiger partial charge in [0.15, 0.2) is 0 Å². The maximum absolute atomic E-state index is 13.0. The second-order valence-electron chi connectivity index (χ2n) is 4.72. The fourth-order valence-electron chi connectivity index (χ4n) is 2.01. The zero-order valence-electron chi connectivity index (χ0n) is 11.4. The van der Waals surface area contributed by atoms with Crippen LogP contribution in [-0.4, -0.2) is 5.91 Å². The van der Waals surface area contributed by atoms with Crippen LogP contribution in [-0.2, 0) is 17.8 Å². The van der Waals surface area contributed by atoms with Crippen molar-refractivity contribution in [1.82, 2.24) is 5.32 Å². The molecule has 4 heteroatoms. The molecule has 1 amide bonds. The van der Waals surface area contributed by atoms with Gasteiger partial charge >= 0.3 is 0 Å². The molecular weight excluding hydrogens is 267 g/mol. The van der Waals surface area contributed by atoms with E-state index in [0.29, 0.717) is 12.0 Å². The average molecular weight is 282 g/mol. The first kappa shape index (κ1) is 14.7. The molecule has 2 aromatic carbocycles.